The molecule has 0 amide bonds. The van der Waals surface area contributed by atoms with Crippen LogP contribution in [0.1, 0.15) is 37.7 Å². The lowest BCUT2D eigenvalue weighted by molar-refractivity contribution is 0.0937. The van der Waals surface area contributed by atoms with Gasteiger partial charge in [0.2, 0.25) is 0 Å². The molecule has 1 heterocycles. The summed E-state index contributed by atoms with van der Waals surface area (Å²) in [7, 11) is 0. The van der Waals surface area contributed by atoms with E-state index in [0.29, 0.717) is 17.1 Å². The van der Waals surface area contributed by atoms with Gasteiger partial charge in [-0.3, -0.25) is 4.90 Å². The molecule has 1 saturated carbocycles. The normalized spacial score (nSPS) is 23.1. The first-order chi connectivity index (χ1) is 9.67. The van der Waals surface area contributed by atoms with E-state index in [1.165, 1.54) is 38.2 Å². The summed E-state index contributed by atoms with van der Waals surface area (Å²) in [5.74, 6) is -0.148. The molecule has 1 aromatic rings. The molecule has 2 aliphatic rings. The molecule has 2 nitrogen and oxygen atoms in total. The molecule has 1 N–H and O–H groups in total. The summed E-state index contributed by atoms with van der Waals surface area (Å²) in [6.45, 7) is 3.67. The Labute approximate surface area is 125 Å². The topological polar surface area (TPSA) is 15.3 Å². The van der Waals surface area contributed by atoms with E-state index in [4.69, 9.17) is 11.6 Å². The molecular weight excluding hydrogens is 275 g/mol. The largest absolute Gasteiger partial charge is 0.309 e. The van der Waals surface area contributed by atoms with Crippen molar-refractivity contribution in [2.45, 2.75) is 44.2 Å². The first-order valence-electron chi connectivity index (χ1n) is 7.58. The number of piperazine rings is 1. The summed E-state index contributed by atoms with van der Waals surface area (Å²) in [6.07, 6.45) is 6.48. The zero-order valence-electron chi connectivity index (χ0n) is 11.8. The van der Waals surface area contributed by atoms with Crippen LogP contribution in [0.25, 0.3) is 0 Å². The fourth-order valence-corrected chi connectivity index (χ4v) is 3.84. The molecule has 1 aliphatic heterocycles. The fourth-order valence-electron chi connectivity index (χ4n) is 3.65. The maximum absolute atomic E-state index is 13.9. The van der Waals surface area contributed by atoms with E-state index >= 15 is 0 Å². The van der Waals surface area contributed by atoms with Gasteiger partial charge in [0.15, 0.2) is 0 Å². The van der Waals surface area contributed by atoms with E-state index in [9.17, 15) is 4.39 Å². The average molecular weight is 297 g/mol. The fraction of sp³-hybridized carbons (Fsp3) is 0.625. The van der Waals surface area contributed by atoms with E-state index in [2.05, 4.69) is 10.2 Å². The molecule has 0 unspecified atom stereocenters. The van der Waals surface area contributed by atoms with E-state index < -0.39 is 0 Å². The molecule has 0 aromatic heterocycles. The van der Waals surface area contributed by atoms with Gasteiger partial charge in [0.25, 0.3) is 0 Å². The molecular formula is C16H22ClFN2. The van der Waals surface area contributed by atoms with Gasteiger partial charge < -0.3 is 5.32 Å². The van der Waals surface area contributed by atoms with Crippen molar-refractivity contribution in [2.75, 3.05) is 19.6 Å². The Morgan fingerprint density at radius 2 is 2.05 bits per heavy atom. The lowest BCUT2D eigenvalue weighted by Gasteiger charge is -2.46. The minimum absolute atomic E-state index is 0.148. The Morgan fingerprint density at radius 1 is 1.25 bits per heavy atom. The Bertz CT molecular complexity index is 466. The Hall–Kier alpha value is -0.640. The summed E-state index contributed by atoms with van der Waals surface area (Å²) in [5, 5.41) is 4.33. The number of benzene rings is 1. The first kappa shape index (κ1) is 14.3. The zero-order chi connectivity index (χ0) is 14.0. The molecule has 0 atom stereocenters. The van der Waals surface area contributed by atoms with Gasteiger partial charge in [-0.05, 0) is 31.0 Å². The molecule has 20 heavy (non-hydrogen) atoms. The molecule has 1 aromatic carbocycles. The second kappa shape index (κ2) is 6.00. The molecule has 110 valence electrons. The molecule has 1 saturated heterocycles. The van der Waals surface area contributed by atoms with Gasteiger partial charge in [0, 0.05) is 42.3 Å². The predicted molar refractivity (Wildman–Crippen MR) is 80.5 cm³/mol. The smallest absolute Gasteiger partial charge is 0.127 e. The lowest BCUT2D eigenvalue weighted by atomic mass is 9.80. The van der Waals surface area contributed by atoms with Crippen molar-refractivity contribution in [1.29, 1.82) is 0 Å². The van der Waals surface area contributed by atoms with E-state index in [0.717, 1.165) is 19.6 Å². The predicted octanol–water partition coefficient (Wildman–Crippen LogP) is 3.59. The number of hydrogen-bond acceptors (Lipinski definition) is 2. The van der Waals surface area contributed by atoms with Crippen molar-refractivity contribution in [3.63, 3.8) is 0 Å². The second-order valence-electron chi connectivity index (χ2n) is 6.21. The molecule has 4 heteroatoms. The summed E-state index contributed by atoms with van der Waals surface area (Å²) in [5.41, 5.74) is 0.983. The Morgan fingerprint density at radius 3 is 2.85 bits per heavy atom. The number of rotatable bonds is 2. The highest BCUT2D eigenvalue weighted by Crippen LogP contribution is 2.31. The van der Waals surface area contributed by atoms with Crippen LogP contribution in [-0.2, 0) is 6.54 Å². The van der Waals surface area contributed by atoms with Crippen molar-refractivity contribution in [3.8, 4) is 0 Å². The van der Waals surface area contributed by atoms with Crippen LogP contribution < -0.4 is 5.32 Å². The standard InChI is InChI=1S/C16H22ClFN2/c17-14-4-5-15(18)13(10-14)11-20-9-8-19-16(12-20)6-2-1-3-7-16/h4-5,10,19H,1-3,6-9,11-12H2. The highest BCUT2D eigenvalue weighted by molar-refractivity contribution is 6.30. The average Bonchev–Trinajstić information content (AvgIpc) is 2.44. The van der Waals surface area contributed by atoms with Crippen LogP contribution in [0.3, 0.4) is 0 Å². The van der Waals surface area contributed by atoms with Crippen LogP contribution in [0.4, 0.5) is 4.39 Å². The third-order valence-corrected chi connectivity index (χ3v) is 4.90. The number of nitrogens with zero attached hydrogens (tertiary/aromatic N) is 1. The highest BCUT2D eigenvalue weighted by atomic mass is 35.5. The van der Waals surface area contributed by atoms with Gasteiger partial charge in [-0.1, -0.05) is 30.9 Å². The summed E-state index contributed by atoms with van der Waals surface area (Å²) in [6, 6.07) is 4.84. The third-order valence-electron chi connectivity index (χ3n) is 4.67. The quantitative estimate of drug-likeness (QED) is 0.897. The van der Waals surface area contributed by atoms with Crippen molar-refractivity contribution in [1.82, 2.24) is 10.2 Å². The lowest BCUT2D eigenvalue weighted by Crippen LogP contribution is -2.60. The Balaban J connectivity index is 1.69. The van der Waals surface area contributed by atoms with Gasteiger partial charge in [-0.2, -0.15) is 0 Å². The van der Waals surface area contributed by atoms with Gasteiger partial charge in [-0.15, -0.1) is 0 Å². The first-order valence-corrected chi connectivity index (χ1v) is 7.96. The van der Waals surface area contributed by atoms with E-state index in [-0.39, 0.29) is 11.4 Å². The third kappa shape index (κ3) is 3.16. The second-order valence-corrected chi connectivity index (χ2v) is 6.65. The minimum Gasteiger partial charge on any atom is -0.309 e. The molecule has 3 rings (SSSR count). The van der Waals surface area contributed by atoms with E-state index in [1.54, 1.807) is 12.1 Å². The maximum Gasteiger partial charge on any atom is 0.127 e. The van der Waals surface area contributed by atoms with Crippen LogP contribution in [-0.4, -0.2) is 30.1 Å². The van der Waals surface area contributed by atoms with Crippen LogP contribution in [0.5, 0.6) is 0 Å². The summed E-state index contributed by atoms with van der Waals surface area (Å²) in [4.78, 5) is 2.37. The number of nitrogens with one attached hydrogen (secondary N) is 1. The van der Waals surface area contributed by atoms with Gasteiger partial charge >= 0.3 is 0 Å². The van der Waals surface area contributed by atoms with Crippen molar-refractivity contribution >= 4 is 11.6 Å². The molecule has 0 radical (unpaired) electrons. The summed E-state index contributed by atoms with van der Waals surface area (Å²) < 4.78 is 13.9. The SMILES string of the molecule is Fc1ccc(Cl)cc1CN1CCNC2(CCCCC2)C1. The summed E-state index contributed by atoms with van der Waals surface area (Å²) >= 11 is 5.98. The van der Waals surface area contributed by atoms with Crippen molar-refractivity contribution < 1.29 is 4.39 Å². The van der Waals surface area contributed by atoms with E-state index in [1.807, 2.05) is 0 Å². The van der Waals surface area contributed by atoms with Gasteiger partial charge in [0.05, 0.1) is 0 Å². The molecule has 2 fully saturated rings. The van der Waals surface area contributed by atoms with Gasteiger partial charge in [0.1, 0.15) is 5.82 Å². The minimum atomic E-state index is -0.148. The Kier molecular flexibility index (Phi) is 4.29. The van der Waals surface area contributed by atoms with Crippen LogP contribution in [0.15, 0.2) is 18.2 Å². The van der Waals surface area contributed by atoms with Crippen LogP contribution in [0.2, 0.25) is 5.02 Å². The van der Waals surface area contributed by atoms with Crippen LogP contribution in [0, 0.1) is 5.82 Å². The van der Waals surface area contributed by atoms with Crippen molar-refractivity contribution in [3.05, 3.63) is 34.6 Å². The number of halogens is 2. The van der Waals surface area contributed by atoms with Crippen LogP contribution >= 0.6 is 11.6 Å². The van der Waals surface area contributed by atoms with Crippen molar-refractivity contribution in [2.24, 2.45) is 0 Å². The molecule has 1 aliphatic carbocycles. The molecule has 0 bridgehead atoms. The highest BCUT2D eigenvalue weighted by Gasteiger charge is 2.36. The van der Waals surface area contributed by atoms with Gasteiger partial charge in [-0.25, -0.2) is 4.39 Å². The maximum atomic E-state index is 13.9. The zero-order valence-corrected chi connectivity index (χ0v) is 12.6. The molecule has 1 spiro atoms. The monoisotopic (exact) mass is 296 g/mol. The number of hydrogen-bond donors (Lipinski definition) is 1.